The molecule has 0 aliphatic rings. The van der Waals surface area contributed by atoms with Crippen LogP contribution in [0.4, 0.5) is 5.69 Å². The molecule has 0 fully saturated rings. The fraction of sp³-hybridized carbons (Fsp3) is 0.167. The molecule has 0 saturated carbocycles. The first-order chi connectivity index (χ1) is 12.4. The number of anilines is 1. The van der Waals surface area contributed by atoms with Crippen molar-refractivity contribution in [3.63, 3.8) is 0 Å². The summed E-state index contributed by atoms with van der Waals surface area (Å²) in [7, 11) is 2.84. The topological polar surface area (TPSA) is 109 Å². The molecule has 136 valence electrons. The highest BCUT2D eigenvalue weighted by molar-refractivity contribution is 5.96. The fourth-order valence-corrected chi connectivity index (χ4v) is 2.13. The summed E-state index contributed by atoms with van der Waals surface area (Å²) in [6.07, 6.45) is 1.40. The third-order valence-corrected chi connectivity index (χ3v) is 3.35. The third-order valence-electron chi connectivity index (χ3n) is 3.35. The van der Waals surface area contributed by atoms with Gasteiger partial charge in [-0.15, -0.1) is 0 Å². The van der Waals surface area contributed by atoms with Gasteiger partial charge in [-0.2, -0.15) is 5.10 Å². The average Bonchev–Trinajstić information content (AvgIpc) is 2.62. The highest BCUT2D eigenvalue weighted by Gasteiger charge is 2.10. The Kier molecular flexibility index (Phi) is 6.15. The Bertz CT molecular complexity index is 806. The zero-order valence-electron chi connectivity index (χ0n) is 14.6. The Morgan fingerprint density at radius 3 is 2.15 bits per heavy atom. The quantitative estimate of drug-likeness (QED) is 0.542. The van der Waals surface area contributed by atoms with Crippen LogP contribution in [0.2, 0.25) is 0 Å². The largest absolute Gasteiger partial charge is 0.502 e. The lowest BCUT2D eigenvalue weighted by atomic mass is 10.2. The van der Waals surface area contributed by atoms with Crippen LogP contribution >= 0.6 is 0 Å². The van der Waals surface area contributed by atoms with E-state index >= 15 is 0 Å². The lowest BCUT2D eigenvalue weighted by Gasteiger charge is -2.09. The average molecular weight is 357 g/mol. The number of ether oxygens (including phenoxy) is 2. The number of amides is 2. The molecule has 3 N–H and O–H groups in total. The van der Waals surface area contributed by atoms with E-state index < -0.39 is 5.91 Å². The molecule has 0 radical (unpaired) electrons. The van der Waals surface area contributed by atoms with E-state index in [-0.39, 0.29) is 23.2 Å². The zero-order valence-corrected chi connectivity index (χ0v) is 14.6. The molecule has 0 atom stereocenters. The normalized spacial score (nSPS) is 10.4. The van der Waals surface area contributed by atoms with Gasteiger partial charge in [0.05, 0.1) is 20.4 Å². The predicted octanol–water partition coefficient (Wildman–Crippen LogP) is 2.13. The van der Waals surface area contributed by atoms with Gasteiger partial charge in [-0.05, 0) is 36.4 Å². The second-order valence-corrected chi connectivity index (χ2v) is 5.23. The van der Waals surface area contributed by atoms with Crippen molar-refractivity contribution in [3.05, 3.63) is 47.5 Å². The highest BCUT2D eigenvalue weighted by Crippen LogP contribution is 2.36. The number of phenolic OH excluding ortho intramolecular Hbond substituents is 1. The van der Waals surface area contributed by atoms with Crippen molar-refractivity contribution in [1.82, 2.24) is 5.43 Å². The molecule has 2 aromatic rings. The lowest BCUT2D eigenvalue weighted by molar-refractivity contribution is -0.114. The molecule has 0 unspecified atom stereocenters. The molecule has 2 rings (SSSR count). The van der Waals surface area contributed by atoms with Crippen molar-refractivity contribution in [3.8, 4) is 17.2 Å². The first-order valence-electron chi connectivity index (χ1n) is 7.60. The van der Waals surface area contributed by atoms with E-state index in [1.165, 1.54) is 27.4 Å². The van der Waals surface area contributed by atoms with Gasteiger partial charge in [0.15, 0.2) is 11.5 Å². The van der Waals surface area contributed by atoms with Crippen LogP contribution < -0.4 is 20.2 Å². The number of carbonyl (C=O) groups is 2. The van der Waals surface area contributed by atoms with Crippen molar-refractivity contribution in [2.24, 2.45) is 5.10 Å². The van der Waals surface area contributed by atoms with Gasteiger partial charge >= 0.3 is 0 Å². The summed E-state index contributed by atoms with van der Waals surface area (Å²) in [5, 5.41) is 16.4. The number of hydrogen-bond donors (Lipinski definition) is 3. The standard InChI is InChI=1S/C18H19N3O5/c1-11(22)20-14-6-4-13(5-7-14)18(24)21-19-10-12-8-15(25-2)17(23)16(9-12)26-3/h4-10,23H,1-3H3,(H,20,22)(H,21,24)/b19-10-. The molecule has 0 heterocycles. The maximum atomic E-state index is 12.1. The van der Waals surface area contributed by atoms with Crippen molar-refractivity contribution in [1.29, 1.82) is 0 Å². The number of hydrogen-bond acceptors (Lipinski definition) is 6. The number of phenols is 1. The number of aromatic hydroxyl groups is 1. The summed E-state index contributed by atoms with van der Waals surface area (Å²) in [6, 6.07) is 9.49. The summed E-state index contributed by atoms with van der Waals surface area (Å²) < 4.78 is 10.1. The molecule has 26 heavy (non-hydrogen) atoms. The molecule has 8 nitrogen and oxygen atoms in total. The molecular formula is C18H19N3O5. The van der Waals surface area contributed by atoms with Crippen LogP contribution in [0.25, 0.3) is 0 Å². The number of nitrogens with zero attached hydrogens (tertiary/aromatic N) is 1. The van der Waals surface area contributed by atoms with E-state index in [0.29, 0.717) is 16.8 Å². The SMILES string of the molecule is COc1cc(/C=N\NC(=O)c2ccc(NC(C)=O)cc2)cc(OC)c1O. The van der Waals surface area contributed by atoms with Crippen molar-refractivity contribution in [2.75, 3.05) is 19.5 Å². The molecule has 0 aromatic heterocycles. The number of carbonyl (C=O) groups excluding carboxylic acids is 2. The molecular weight excluding hydrogens is 338 g/mol. The van der Waals surface area contributed by atoms with Crippen molar-refractivity contribution in [2.45, 2.75) is 6.92 Å². The minimum atomic E-state index is -0.409. The van der Waals surface area contributed by atoms with E-state index in [1.807, 2.05) is 0 Å². The van der Waals surface area contributed by atoms with Gasteiger partial charge < -0.3 is 19.9 Å². The van der Waals surface area contributed by atoms with Crippen LogP contribution in [-0.4, -0.2) is 37.4 Å². The number of hydrazone groups is 1. The van der Waals surface area contributed by atoms with E-state index in [1.54, 1.807) is 36.4 Å². The van der Waals surface area contributed by atoms with Gasteiger partial charge in [-0.3, -0.25) is 9.59 Å². The molecule has 2 aromatic carbocycles. The summed E-state index contributed by atoms with van der Waals surface area (Å²) >= 11 is 0. The second kappa shape index (κ2) is 8.52. The van der Waals surface area contributed by atoms with E-state index in [9.17, 15) is 14.7 Å². The minimum Gasteiger partial charge on any atom is -0.502 e. The fourth-order valence-electron chi connectivity index (χ4n) is 2.13. The van der Waals surface area contributed by atoms with Crippen LogP contribution in [0.15, 0.2) is 41.5 Å². The molecule has 0 aliphatic carbocycles. The number of nitrogens with one attached hydrogen (secondary N) is 2. The van der Waals surface area contributed by atoms with Crippen molar-refractivity contribution >= 4 is 23.7 Å². The maximum absolute atomic E-state index is 12.1. The number of rotatable bonds is 6. The van der Waals surface area contributed by atoms with Crippen LogP contribution in [0.5, 0.6) is 17.2 Å². The van der Waals surface area contributed by atoms with Gasteiger partial charge in [-0.25, -0.2) is 5.43 Å². The van der Waals surface area contributed by atoms with E-state index in [0.717, 1.165) is 0 Å². The van der Waals surface area contributed by atoms with Crippen LogP contribution in [0.3, 0.4) is 0 Å². The number of methoxy groups -OCH3 is 2. The molecule has 0 spiro atoms. The van der Waals surface area contributed by atoms with Gasteiger partial charge in [0.2, 0.25) is 11.7 Å². The zero-order chi connectivity index (χ0) is 19.1. The molecule has 8 heteroatoms. The summed E-state index contributed by atoms with van der Waals surface area (Å²) in [5.41, 5.74) is 3.95. The molecule has 0 bridgehead atoms. The second-order valence-electron chi connectivity index (χ2n) is 5.23. The number of benzene rings is 2. The lowest BCUT2D eigenvalue weighted by Crippen LogP contribution is -2.17. The maximum Gasteiger partial charge on any atom is 0.271 e. The first kappa shape index (κ1) is 18.8. The summed E-state index contributed by atoms with van der Waals surface area (Å²) in [4.78, 5) is 23.0. The van der Waals surface area contributed by atoms with Gasteiger partial charge in [-0.1, -0.05) is 0 Å². The third kappa shape index (κ3) is 4.73. The Labute approximate surface area is 150 Å². The smallest absolute Gasteiger partial charge is 0.271 e. The predicted molar refractivity (Wildman–Crippen MR) is 97.0 cm³/mol. The summed E-state index contributed by atoms with van der Waals surface area (Å²) in [6.45, 7) is 1.41. The minimum absolute atomic E-state index is 0.115. The Balaban J connectivity index is 2.06. The van der Waals surface area contributed by atoms with Gasteiger partial charge in [0.1, 0.15) is 0 Å². The molecule has 2 amide bonds. The van der Waals surface area contributed by atoms with Crippen LogP contribution in [0.1, 0.15) is 22.8 Å². The first-order valence-corrected chi connectivity index (χ1v) is 7.60. The highest BCUT2D eigenvalue weighted by atomic mass is 16.5. The molecule has 0 saturated heterocycles. The Morgan fingerprint density at radius 1 is 1.08 bits per heavy atom. The van der Waals surface area contributed by atoms with Crippen LogP contribution in [-0.2, 0) is 4.79 Å². The Hall–Kier alpha value is -3.55. The van der Waals surface area contributed by atoms with Gasteiger partial charge in [0, 0.05) is 23.7 Å². The summed E-state index contributed by atoms with van der Waals surface area (Å²) in [5.74, 6) is -0.258. The van der Waals surface area contributed by atoms with Crippen molar-refractivity contribution < 1.29 is 24.2 Å². The van der Waals surface area contributed by atoms with Gasteiger partial charge in [0.25, 0.3) is 5.91 Å². The van der Waals surface area contributed by atoms with E-state index in [4.69, 9.17) is 9.47 Å². The molecule has 0 aliphatic heterocycles. The van der Waals surface area contributed by atoms with Crippen LogP contribution in [0, 0.1) is 0 Å². The Morgan fingerprint density at radius 2 is 1.65 bits per heavy atom. The monoisotopic (exact) mass is 357 g/mol. The van der Waals surface area contributed by atoms with E-state index in [2.05, 4.69) is 15.8 Å².